The lowest BCUT2D eigenvalue weighted by Crippen LogP contribution is -2.14. The summed E-state index contributed by atoms with van der Waals surface area (Å²) in [5, 5.41) is 2.61. The minimum Gasteiger partial charge on any atom is -0.495 e. The van der Waals surface area contributed by atoms with E-state index in [1.165, 1.54) is 6.20 Å². The first-order valence-corrected chi connectivity index (χ1v) is 9.28. The molecule has 3 N–H and O–H groups in total. The van der Waals surface area contributed by atoms with E-state index in [1.807, 2.05) is 26.0 Å². The van der Waals surface area contributed by atoms with Crippen molar-refractivity contribution >= 4 is 17.7 Å². The first-order valence-electron chi connectivity index (χ1n) is 9.28. The summed E-state index contributed by atoms with van der Waals surface area (Å²) in [4.78, 5) is 20.5. The average Bonchev–Trinajstić information content (AvgIpc) is 2.75. The molecule has 0 aliphatic heterocycles. The molecule has 0 radical (unpaired) electrons. The number of nitrogen functional groups attached to an aromatic ring is 1. The van der Waals surface area contributed by atoms with Gasteiger partial charge in [0.2, 0.25) is 5.95 Å². The van der Waals surface area contributed by atoms with Crippen LogP contribution in [0.25, 0.3) is 0 Å². The molecule has 0 aliphatic carbocycles. The van der Waals surface area contributed by atoms with Crippen molar-refractivity contribution in [2.45, 2.75) is 19.8 Å². The van der Waals surface area contributed by atoms with Crippen LogP contribution in [0.15, 0.2) is 48.7 Å². The molecule has 152 valence electrons. The number of benzene rings is 2. The van der Waals surface area contributed by atoms with Gasteiger partial charge in [-0.1, -0.05) is 38.0 Å². The number of carbonyl (C=O) groups excluding carboxylic acids is 1. The van der Waals surface area contributed by atoms with Gasteiger partial charge in [-0.3, -0.25) is 10.1 Å². The molecule has 1 heterocycles. The SMILES string of the molecule is C#Cc1cc(Oc2cnc(NC(=O)c3ccccc3)nc2N)c(C(C)C)cc1OC. The van der Waals surface area contributed by atoms with Crippen molar-refractivity contribution in [3.63, 3.8) is 0 Å². The van der Waals surface area contributed by atoms with Crippen LogP contribution in [-0.4, -0.2) is 23.0 Å². The highest BCUT2D eigenvalue weighted by Crippen LogP contribution is 2.37. The van der Waals surface area contributed by atoms with E-state index in [-0.39, 0.29) is 29.3 Å². The Morgan fingerprint density at radius 3 is 2.50 bits per heavy atom. The summed E-state index contributed by atoms with van der Waals surface area (Å²) in [6.07, 6.45) is 6.99. The Bertz CT molecular complexity index is 1110. The molecular weight excluding hydrogens is 380 g/mol. The largest absolute Gasteiger partial charge is 0.495 e. The second kappa shape index (κ2) is 8.97. The molecular formula is C23H22N4O3. The molecule has 3 aromatic rings. The molecule has 0 spiro atoms. The van der Waals surface area contributed by atoms with Crippen LogP contribution in [0.3, 0.4) is 0 Å². The monoisotopic (exact) mass is 402 g/mol. The van der Waals surface area contributed by atoms with Crippen LogP contribution in [0, 0.1) is 12.3 Å². The molecule has 2 aromatic carbocycles. The van der Waals surface area contributed by atoms with Crippen LogP contribution in [-0.2, 0) is 0 Å². The Hall–Kier alpha value is -4.05. The third-order valence-electron chi connectivity index (χ3n) is 4.37. The van der Waals surface area contributed by atoms with Gasteiger partial charge >= 0.3 is 0 Å². The minimum absolute atomic E-state index is 0.0804. The van der Waals surface area contributed by atoms with Gasteiger partial charge in [-0.25, -0.2) is 4.98 Å². The van der Waals surface area contributed by atoms with Gasteiger partial charge in [-0.2, -0.15) is 4.98 Å². The predicted octanol–water partition coefficient (Wildman–Crippen LogP) is 4.22. The summed E-state index contributed by atoms with van der Waals surface area (Å²) >= 11 is 0. The summed E-state index contributed by atoms with van der Waals surface area (Å²) in [6.45, 7) is 4.05. The van der Waals surface area contributed by atoms with Crippen LogP contribution in [0.1, 0.15) is 41.3 Å². The maximum atomic E-state index is 12.3. The summed E-state index contributed by atoms with van der Waals surface area (Å²) in [5.41, 5.74) is 7.99. The van der Waals surface area contributed by atoms with Crippen molar-refractivity contribution in [3.05, 3.63) is 65.4 Å². The van der Waals surface area contributed by atoms with Crippen molar-refractivity contribution in [3.8, 4) is 29.6 Å². The first-order chi connectivity index (χ1) is 14.4. The van der Waals surface area contributed by atoms with Crippen molar-refractivity contribution in [2.24, 2.45) is 0 Å². The number of carbonyl (C=O) groups is 1. The number of amides is 1. The predicted molar refractivity (Wildman–Crippen MR) is 116 cm³/mol. The zero-order valence-corrected chi connectivity index (χ0v) is 17.0. The highest BCUT2D eigenvalue weighted by Gasteiger charge is 2.16. The van der Waals surface area contributed by atoms with Crippen LogP contribution in [0.5, 0.6) is 17.2 Å². The zero-order chi connectivity index (χ0) is 21.7. The maximum Gasteiger partial charge on any atom is 0.258 e. The summed E-state index contributed by atoms with van der Waals surface area (Å²) in [6, 6.07) is 12.3. The molecule has 7 heteroatoms. The van der Waals surface area contributed by atoms with Gasteiger partial charge in [-0.15, -0.1) is 6.42 Å². The number of methoxy groups -OCH3 is 1. The maximum absolute atomic E-state index is 12.3. The number of anilines is 2. The van der Waals surface area contributed by atoms with Crippen molar-refractivity contribution in [1.82, 2.24) is 9.97 Å². The van der Waals surface area contributed by atoms with E-state index in [1.54, 1.807) is 37.4 Å². The molecule has 0 fully saturated rings. The van der Waals surface area contributed by atoms with Crippen LogP contribution < -0.4 is 20.5 Å². The molecule has 7 nitrogen and oxygen atoms in total. The van der Waals surface area contributed by atoms with Crippen LogP contribution in [0.4, 0.5) is 11.8 Å². The molecule has 0 atom stereocenters. The van der Waals surface area contributed by atoms with Crippen LogP contribution >= 0.6 is 0 Å². The average molecular weight is 402 g/mol. The van der Waals surface area contributed by atoms with Crippen molar-refractivity contribution < 1.29 is 14.3 Å². The molecule has 0 aliphatic rings. The molecule has 3 rings (SSSR count). The van der Waals surface area contributed by atoms with Gasteiger partial charge < -0.3 is 15.2 Å². The molecule has 1 amide bonds. The van der Waals surface area contributed by atoms with Gasteiger partial charge in [0.05, 0.1) is 18.9 Å². The zero-order valence-electron chi connectivity index (χ0n) is 17.0. The molecule has 30 heavy (non-hydrogen) atoms. The lowest BCUT2D eigenvalue weighted by molar-refractivity contribution is 0.102. The van der Waals surface area contributed by atoms with Crippen LogP contribution in [0.2, 0.25) is 0 Å². The third kappa shape index (κ3) is 4.50. The molecule has 0 saturated heterocycles. The Morgan fingerprint density at radius 1 is 1.17 bits per heavy atom. The van der Waals surface area contributed by atoms with E-state index in [4.69, 9.17) is 21.6 Å². The van der Waals surface area contributed by atoms with E-state index in [0.717, 1.165) is 5.56 Å². The third-order valence-corrected chi connectivity index (χ3v) is 4.37. The fourth-order valence-corrected chi connectivity index (χ4v) is 2.80. The van der Waals surface area contributed by atoms with E-state index in [9.17, 15) is 4.79 Å². The second-order valence-electron chi connectivity index (χ2n) is 6.75. The summed E-state index contributed by atoms with van der Waals surface area (Å²) in [5.74, 6) is 3.95. The quantitative estimate of drug-likeness (QED) is 0.599. The van der Waals surface area contributed by atoms with Gasteiger partial charge in [0.15, 0.2) is 11.6 Å². The minimum atomic E-state index is -0.334. The Kier molecular flexibility index (Phi) is 6.18. The normalized spacial score (nSPS) is 10.4. The lowest BCUT2D eigenvalue weighted by Gasteiger charge is -2.17. The Labute approximate surface area is 175 Å². The number of nitrogens with zero attached hydrogens (tertiary/aromatic N) is 2. The fraction of sp³-hybridized carbons (Fsp3) is 0.174. The highest BCUT2D eigenvalue weighted by molar-refractivity contribution is 6.03. The number of nitrogens with two attached hydrogens (primary N) is 1. The topological polar surface area (TPSA) is 99.4 Å². The van der Waals surface area contributed by atoms with Gasteiger partial charge in [0.25, 0.3) is 5.91 Å². The van der Waals surface area contributed by atoms with Crippen molar-refractivity contribution in [1.29, 1.82) is 0 Å². The van der Waals surface area contributed by atoms with E-state index < -0.39 is 0 Å². The highest BCUT2D eigenvalue weighted by atomic mass is 16.5. The number of hydrogen-bond donors (Lipinski definition) is 2. The molecule has 0 bridgehead atoms. The second-order valence-corrected chi connectivity index (χ2v) is 6.75. The number of ether oxygens (including phenoxy) is 2. The number of hydrogen-bond acceptors (Lipinski definition) is 6. The first kappa shape index (κ1) is 20.7. The van der Waals surface area contributed by atoms with E-state index >= 15 is 0 Å². The molecule has 1 aromatic heterocycles. The Balaban J connectivity index is 1.86. The Morgan fingerprint density at radius 2 is 1.90 bits per heavy atom. The lowest BCUT2D eigenvalue weighted by atomic mass is 9.99. The summed E-state index contributed by atoms with van der Waals surface area (Å²) < 4.78 is 11.3. The molecule has 0 saturated carbocycles. The summed E-state index contributed by atoms with van der Waals surface area (Å²) in [7, 11) is 1.56. The number of rotatable bonds is 6. The van der Waals surface area contributed by atoms with Gasteiger partial charge in [0.1, 0.15) is 11.5 Å². The smallest absolute Gasteiger partial charge is 0.258 e. The van der Waals surface area contributed by atoms with E-state index in [0.29, 0.717) is 22.6 Å². The van der Waals surface area contributed by atoms with E-state index in [2.05, 4.69) is 21.2 Å². The van der Waals surface area contributed by atoms with Gasteiger partial charge in [0, 0.05) is 17.2 Å². The standard InChI is InChI=1S/C23H22N4O3/c1-5-15-11-19(17(14(2)3)12-18(15)29-4)30-20-13-25-23(26-21(20)24)27-22(28)16-9-7-6-8-10-16/h1,6-14H,2-4H3,(H3,24,25,26,27,28). The van der Waals surface area contributed by atoms with Crippen molar-refractivity contribution in [2.75, 3.05) is 18.2 Å². The number of terminal acetylenes is 1. The number of aromatic nitrogens is 2. The molecule has 0 unspecified atom stereocenters. The van der Waals surface area contributed by atoms with Gasteiger partial charge in [-0.05, 0) is 24.1 Å². The fourth-order valence-electron chi connectivity index (χ4n) is 2.80. The number of nitrogens with one attached hydrogen (secondary N) is 1.